The Hall–Kier alpha value is -2.58. The Bertz CT molecular complexity index is 1040. The van der Waals surface area contributed by atoms with Crippen LogP contribution in [-0.2, 0) is 11.3 Å². The van der Waals surface area contributed by atoms with Crippen LogP contribution in [0.2, 0.25) is 0 Å². The zero-order valence-electron chi connectivity index (χ0n) is 16.8. The Morgan fingerprint density at radius 3 is 2.87 bits per heavy atom. The minimum Gasteiger partial charge on any atom is -0.311 e. The van der Waals surface area contributed by atoms with Crippen LogP contribution in [0, 0.1) is 0 Å². The molecule has 4 rings (SSSR count). The summed E-state index contributed by atoms with van der Waals surface area (Å²) in [5.41, 5.74) is 1.94. The maximum absolute atomic E-state index is 13.1. The lowest BCUT2D eigenvalue weighted by atomic mass is 10.2. The number of benzene rings is 1. The van der Waals surface area contributed by atoms with Crippen molar-refractivity contribution in [1.82, 2.24) is 19.7 Å². The van der Waals surface area contributed by atoms with Crippen molar-refractivity contribution >= 4 is 35.1 Å². The van der Waals surface area contributed by atoms with Gasteiger partial charge >= 0.3 is 0 Å². The summed E-state index contributed by atoms with van der Waals surface area (Å²) in [6.45, 7) is 7.36. The van der Waals surface area contributed by atoms with Crippen molar-refractivity contribution < 1.29 is 4.79 Å². The highest BCUT2D eigenvalue weighted by atomic mass is 32.2. The first-order valence-corrected chi connectivity index (χ1v) is 11.7. The number of allylic oxidation sites excluding steroid dienone is 1. The Balaban J connectivity index is 1.53. The highest BCUT2D eigenvalue weighted by Crippen LogP contribution is 2.37. The second kappa shape index (κ2) is 9.49. The van der Waals surface area contributed by atoms with E-state index < -0.39 is 0 Å². The molecule has 0 saturated carbocycles. The number of thioether (sulfide) groups is 2. The Kier molecular flexibility index (Phi) is 6.54. The van der Waals surface area contributed by atoms with Crippen LogP contribution in [-0.4, -0.2) is 43.2 Å². The quantitative estimate of drug-likeness (QED) is 0.417. The maximum Gasteiger partial charge on any atom is 0.237 e. The molecule has 1 amide bonds. The van der Waals surface area contributed by atoms with Gasteiger partial charge in [-0.3, -0.25) is 14.3 Å². The molecular weight excluding hydrogens is 414 g/mol. The van der Waals surface area contributed by atoms with E-state index in [9.17, 15) is 4.79 Å². The molecular formula is C22H23N5OS2. The number of fused-ring (bicyclic) bond motifs is 1. The molecule has 154 valence electrons. The molecule has 6 nitrogen and oxygen atoms in total. The summed E-state index contributed by atoms with van der Waals surface area (Å²) < 4.78 is 1.98. The molecule has 0 radical (unpaired) electrons. The molecule has 2 aromatic heterocycles. The van der Waals surface area contributed by atoms with Gasteiger partial charge in [-0.1, -0.05) is 36.9 Å². The molecule has 3 heterocycles. The second-order valence-electron chi connectivity index (χ2n) is 6.96. The SMILES string of the molecule is C=CCn1c(SCC(=O)N2CC[C@@H](C)Sc3ccccc32)nnc1-c1ccncc1. The molecule has 0 unspecified atom stereocenters. The molecule has 8 heteroatoms. The van der Waals surface area contributed by atoms with Crippen LogP contribution in [0.25, 0.3) is 11.4 Å². The topological polar surface area (TPSA) is 63.9 Å². The molecule has 1 aromatic carbocycles. The average molecular weight is 438 g/mol. The fourth-order valence-corrected chi connectivity index (χ4v) is 5.29. The highest BCUT2D eigenvalue weighted by molar-refractivity contribution is 8.00. The lowest BCUT2D eigenvalue weighted by Crippen LogP contribution is -2.33. The monoisotopic (exact) mass is 437 g/mol. The Morgan fingerprint density at radius 1 is 1.27 bits per heavy atom. The van der Waals surface area contributed by atoms with Crippen LogP contribution in [0.1, 0.15) is 13.3 Å². The molecule has 0 spiro atoms. The molecule has 0 N–H and O–H groups in total. The molecule has 3 aromatic rings. The van der Waals surface area contributed by atoms with Gasteiger partial charge in [0.25, 0.3) is 0 Å². The van der Waals surface area contributed by atoms with E-state index in [1.807, 2.05) is 57.6 Å². The van der Waals surface area contributed by atoms with E-state index in [1.165, 1.54) is 11.8 Å². The zero-order valence-corrected chi connectivity index (χ0v) is 18.4. The van der Waals surface area contributed by atoms with Gasteiger partial charge < -0.3 is 4.90 Å². The van der Waals surface area contributed by atoms with Crippen molar-refractivity contribution in [2.45, 2.75) is 35.2 Å². The molecule has 1 atom stereocenters. The van der Waals surface area contributed by atoms with Gasteiger partial charge in [0.1, 0.15) is 0 Å². The fraction of sp³-hybridized carbons (Fsp3) is 0.273. The lowest BCUT2D eigenvalue weighted by Gasteiger charge is -2.22. The van der Waals surface area contributed by atoms with Crippen molar-refractivity contribution in [2.24, 2.45) is 0 Å². The first-order valence-electron chi connectivity index (χ1n) is 9.80. The summed E-state index contributed by atoms with van der Waals surface area (Å²) in [6, 6.07) is 11.9. The van der Waals surface area contributed by atoms with Gasteiger partial charge in [0.15, 0.2) is 11.0 Å². The van der Waals surface area contributed by atoms with Crippen LogP contribution < -0.4 is 4.90 Å². The maximum atomic E-state index is 13.1. The van der Waals surface area contributed by atoms with Gasteiger partial charge in [0.05, 0.1) is 11.4 Å². The predicted molar refractivity (Wildman–Crippen MR) is 123 cm³/mol. The number of hydrogen-bond acceptors (Lipinski definition) is 6. The summed E-state index contributed by atoms with van der Waals surface area (Å²) in [7, 11) is 0. The predicted octanol–water partition coefficient (Wildman–Crippen LogP) is 4.54. The van der Waals surface area contributed by atoms with Crippen molar-refractivity contribution in [2.75, 3.05) is 17.2 Å². The number of anilines is 1. The zero-order chi connectivity index (χ0) is 20.9. The first-order chi connectivity index (χ1) is 14.7. The second-order valence-corrected chi connectivity index (χ2v) is 9.38. The average Bonchev–Trinajstić information content (AvgIpc) is 3.08. The van der Waals surface area contributed by atoms with E-state index in [-0.39, 0.29) is 5.91 Å². The Morgan fingerprint density at radius 2 is 2.07 bits per heavy atom. The third kappa shape index (κ3) is 4.44. The third-order valence-corrected chi connectivity index (χ3v) is 7.03. The number of amides is 1. The number of nitrogens with zero attached hydrogens (tertiary/aromatic N) is 5. The molecule has 0 saturated heterocycles. The molecule has 0 bridgehead atoms. The van der Waals surface area contributed by atoms with Crippen molar-refractivity contribution in [3.63, 3.8) is 0 Å². The summed E-state index contributed by atoms with van der Waals surface area (Å²) >= 11 is 3.25. The molecule has 0 aliphatic carbocycles. The number of aromatic nitrogens is 4. The Labute approximate surface area is 184 Å². The molecule has 30 heavy (non-hydrogen) atoms. The van der Waals surface area contributed by atoms with E-state index in [4.69, 9.17) is 0 Å². The van der Waals surface area contributed by atoms with E-state index in [2.05, 4.69) is 34.8 Å². The lowest BCUT2D eigenvalue weighted by molar-refractivity contribution is -0.116. The minimum absolute atomic E-state index is 0.0840. The van der Waals surface area contributed by atoms with Gasteiger partial charge in [-0.05, 0) is 30.7 Å². The standard InChI is InChI=1S/C22H23N5OS2/c1-3-13-27-21(17-8-11-23-12-9-17)24-25-22(27)29-15-20(28)26-14-10-16(2)30-19-7-5-4-6-18(19)26/h3-9,11-12,16H,1,10,13-15H2,2H3/t16-/m1/s1. The largest absolute Gasteiger partial charge is 0.311 e. The minimum atomic E-state index is 0.0840. The molecule has 1 aliphatic rings. The number of hydrogen-bond donors (Lipinski definition) is 0. The van der Waals surface area contributed by atoms with Gasteiger partial charge in [-0.2, -0.15) is 0 Å². The van der Waals surface area contributed by atoms with Crippen LogP contribution >= 0.6 is 23.5 Å². The van der Waals surface area contributed by atoms with E-state index in [0.29, 0.717) is 22.7 Å². The van der Waals surface area contributed by atoms with Gasteiger partial charge in [0.2, 0.25) is 5.91 Å². The van der Waals surface area contributed by atoms with Crippen LogP contribution in [0.5, 0.6) is 0 Å². The number of carbonyl (C=O) groups is 1. The normalized spacial score (nSPS) is 16.0. The number of carbonyl (C=O) groups excluding carboxylic acids is 1. The first kappa shape index (κ1) is 20.7. The molecule has 0 fully saturated rings. The smallest absolute Gasteiger partial charge is 0.237 e. The van der Waals surface area contributed by atoms with Gasteiger partial charge in [-0.25, -0.2) is 0 Å². The van der Waals surface area contributed by atoms with Gasteiger partial charge in [-0.15, -0.1) is 28.5 Å². The highest BCUT2D eigenvalue weighted by Gasteiger charge is 2.25. The summed E-state index contributed by atoms with van der Waals surface area (Å²) in [5, 5.41) is 9.87. The van der Waals surface area contributed by atoms with Crippen molar-refractivity contribution in [1.29, 1.82) is 0 Å². The third-order valence-electron chi connectivity index (χ3n) is 4.84. The van der Waals surface area contributed by atoms with E-state index in [1.54, 1.807) is 12.4 Å². The molecule has 1 aliphatic heterocycles. The summed E-state index contributed by atoms with van der Waals surface area (Å²) in [4.78, 5) is 20.3. The number of pyridine rings is 1. The van der Waals surface area contributed by atoms with Crippen LogP contribution in [0.15, 0.2) is 71.5 Å². The number of para-hydroxylation sites is 1. The summed E-state index contributed by atoms with van der Waals surface area (Å²) in [5.74, 6) is 1.14. The summed E-state index contributed by atoms with van der Waals surface area (Å²) in [6.07, 6.45) is 6.24. The van der Waals surface area contributed by atoms with Crippen LogP contribution in [0.3, 0.4) is 0 Å². The number of rotatable bonds is 6. The van der Waals surface area contributed by atoms with Crippen LogP contribution in [0.4, 0.5) is 5.69 Å². The van der Waals surface area contributed by atoms with E-state index in [0.717, 1.165) is 34.9 Å². The van der Waals surface area contributed by atoms with Crippen molar-refractivity contribution in [3.05, 3.63) is 61.4 Å². The fourth-order valence-electron chi connectivity index (χ4n) is 3.35. The van der Waals surface area contributed by atoms with Crippen molar-refractivity contribution in [3.8, 4) is 11.4 Å². The van der Waals surface area contributed by atoms with Gasteiger partial charge in [0, 0.05) is 41.2 Å². The van der Waals surface area contributed by atoms with E-state index >= 15 is 0 Å².